The fourth-order valence-electron chi connectivity index (χ4n) is 1.97. The van der Waals surface area contributed by atoms with Crippen molar-refractivity contribution in [3.63, 3.8) is 0 Å². The summed E-state index contributed by atoms with van der Waals surface area (Å²) in [5.41, 5.74) is 12.8. The van der Waals surface area contributed by atoms with Gasteiger partial charge in [-0.3, -0.25) is 4.79 Å². The number of Topliss-reactive ketones (excluding diaryl/α,β-unsaturated/α-hetero) is 1. The molecule has 6 heteroatoms. The van der Waals surface area contributed by atoms with Crippen molar-refractivity contribution in [1.29, 1.82) is 0 Å². The van der Waals surface area contributed by atoms with E-state index in [9.17, 15) is 13.2 Å². The van der Waals surface area contributed by atoms with Crippen LogP contribution in [0, 0.1) is 0 Å². The van der Waals surface area contributed by atoms with Gasteiger partial charge in [0.05, 0.1) is 22.0 Å². The Morgan fingerprint density at radius 3 is 2.24 bits per heavy atom. The first-order valence-corrected chi connectivity index (χ1v) is 7.93. The van der Waals surface area contributed by atoms with Crippen molar-refractivity contribution in [3.8, 4) is 0 Å². The molecular weight excluding hydrogens is 288 g/mol. The Morgan fingerprint density at radius 2 is 1.67 bits per heavy atom. The molecule has 0 unspecified atom stereocenters. The molecule has 0 spiro atoms. The maximum absolute atomic E-state index is 12.4. The van der Waals surface area contributed by atoms with Crippen molar-refractivity contribution in [2.24, 2.45) is 0 Å². The van der Waals surface area contributed by atoms with E-state index in [-0.39, 0.29) is 27.8 Å². The monoisotopic (exact) mass is 304 g/mol. The Labute approximate surface area is 123 Å². The van der Waals surface area contributed by atoms with Gasteiger partial charge in [0.15, 0.2) is 15.6 Å². The fraction of sp³-hybridized carbons (Fsp3) is 0.133. The molecule has 0 aromatic heterocycles. The minimum atomic E-state index is -3.59. The lowest BCUT2D eigenvalue weighted by molar-refractivity contribution is 0.101. The molecule has 2 aromatic carbocycles. The molecule has 0 saturated carbocycles. The quantitative estimate of drug-likeness (QED) is 0.664. The van der Waals surface area contributed by atoms with Crippen LogP contribution in [0.2, 0.25) is 0 Å². The number of carbonyl (C=O) groups excluding carboxylic acids is 1. The predicted octanol–water partition coefficient (Wildman–Crippen LogP) is 2.03. The van der Waals surface area contributed by atoms with Crippen molar-refractivity contribution in [2.45, 2.75) is 17.6 Å². The first-order chi connectivity index (χ1) is 9.81. The van der Waals surface area contributed by atoms with E-state index in [1.807, 2.05) is 0 Å². The van der Waals surface area contributed by atoms with Crippen molar-refractivity contribution in [1.82, 2.24) is 0 Å². The highest BCUT2D eigenvalue weighted by atomic mass is 32.2. The van der Waals surface area contributed by atoms with Crippen LogP contribution in [0.4, 0.5) is 11.4 Å². The number of ketones is 1. The molecule has 0 radical (unpaired) electrons. The van der Waals surface area contributed by atoms with Crippen LogP contribution in [-0.4, -0.2) is 14.2 Å². The molecule has 0 amide bonds. The Morgan fingerprint density at radius 1 is 1.05 bits per heavy atom. The van der Waals surface area contributed by atoms with E-state index in [0.717, 1.165) is 0 Å². The molecule has 0 aliphatic rings. The Bertz CT molecular complexity index is 781. The summed E-state index contributed by atoms with van der Waals surface area (Å²) in [7, 11) is -3.59. The molecule has 0 aliphatic carbocycles. The van der Waals surface area contributed by atoms with Gasteiger partial charge in [0.2, 0.25) is 0 Å². The Hall–Kier alpha value is -2.34. The lowest BCUT2D eigenvalue weighted by Gasteiger charge is -2.09. The lowest BCUT2D eigenvalue weighted by Crippen LogP contribution is -2.09. The summed E-state index contributed by atoms with van der Waals surface area (Å²) >= 11 is 0. The summed E-state index contributed by atoms with van der Waals surface area (Å²) in [6.07, 6.45) is 0. The second-order valence-electron chi connectivity index (χ2n) is 4.77. The topological polar surface area (TPSA) is 103 Å². The largest absolute Gasteiger partial charge is 0.397 e. The number of hydrogen-bond acceptors (Lipinski definition) is 5. The fourth-order valence-corrected chi connectivity index (χ4v) is 3.49. The van der Waals surface area contributed by atoms with Crippen LogP contribution in [0.25, 0.3) is 0 Å². The number of nitrogen functional groups attached to an aromatic ring is 2. The molecule has 2 aromatic rings. The van der Waals surface area contributed by atoms with Gasteiger partial charge in [-0.15, -0.1) is 0 Å². The van der Waals surface area contributed by atoms with Crippen molar-refractivity contribution < 1.29 is 13.2 Å². The number of nitrogens with two attached hydrogens (primary N) is 2. The van der Waals surface area contributed by atoms with Gasteiger partial charge < -0.3 is 11.5 Å². The standard InChI is InChI=1S/C15H16N2O3S/c1-10(18)12-7-5-11(6-8-12)9-21(19,20)14-4-2-3-13(16)15(14)17/h2-8H,9,16-17H2,1H3. The molecule has 110 valence electrons. The number of benzene rings is 2. The predicted molar refractivity (Wildman–Crippen MR) is 82.6 cm³/mol. The smallest absolute Gasteiger partial charge is 0.184 e. The number of rotatable bonds is 4. The van der Waals surface area contributed by atoms with E-state index in [1.165, 1.54) is 13.0 Å². The molecule has 0 heterocycles. The Balaban J connectivity index is 2.33. The van der Waals surface area contributed by atoms with E-state index >= 15 is 0 Å². The van der Waals surface area contributed by atoms with E-state index in [0.29, 0.717) is 11.1 Å². The van der Waals surface area contributed by atoms with Gasteiger partial charge in [-0.2, -0.15) is 0 Å². The van der Waals surface area contributed by atoms with Crippen LogP contribution in [0.5, 0.6) is 0 Å². The summed E-state index contributed by atoms with van der Waals surface area (Å²) < 4.78 is 24.8. The van der Waals surface area contributed by atoms with Gasteiger partial charge >= 0.3 is 0 Å². The van der Waals surface area contributed by atoms with Gasteiger partial charge in [-0.05, 0) is 24.6 Å². The molecule has 0 atom stereocenters. The molecule has 0 fully saturated rings. The van der Waals surface area contributed by atoms with E-state index in [4.69, 9.17) is 11.5 Å². The van der Waals surface area contributed by atoms with Crippen LogP contribution in [0.15, 0.2) is 47.4 Å². The highest BCUT2D eigenvalue weighted by Gasteiger charge is 2.19. The van der Waals surface area contributed by atoms with Gasteiger partial charge in [0.25, 0.3) is 0 Å². The molecule has 4 N–H and O–H groups in total. The summed E-state index contributed by atoms with van der Waals surface area (Å²) in [5, 5.41) is 0. The average molecular weight is 304 g/mol. The normalized spacial score (nSPS) is 11.3. The Kier molecular flexibility index (Phi) is 3.99. The number of para-hydroxylation sites is 1. The second-order valence-corrected chi connectivity index (χ2v) is 6.73. The van der Waals surface area contributed by atoms with Crippen LogP contribution < -0.4 is 11.5 Å². The molecule has 0 bridgehead atoms. The van der Waals surface area contributed by atoms with Gasteiger partial charge in [-0.1, -0.05) is 30.3 Å². The number of anilines is 2. The highest BCUT2D eigenvalue weighted by molar-refractivity contribution is 7.90. The van der Waals surface area contributed by atoms with Crippen LogP contribution in [0.3, 0.4) is 0 Å². The van der Waals surface area contributed by atoms with Crippen LogP contribution in [0.1, 0.15) is 22.8 Å². The number of carbonyl (C=O) groups is 1. The summed E-state index contributed by atoms with van der Waals surface area (Å²) in [5.74, 6) is -0.261. The van der Waals surface area contributed by atoms with Gasteiger partial charge in [0, 0.05) is 5.56 Å². The van der Waals surface area contributed by atoms with Crippen molar-refractivity contribution in [2.75, 3.05) is 11.5 Å². The number of hydrogen-bond donors (Lipinski definition) is 2. The molecule has 5 nitrogen and oxygen atoms in total. The average Bonchev–Trinajstić information content (AvgIpc) is 2.41. The van der Waals surface area contributed by atoms with Crippen molar-refractivity contribution >= 4 is 27.0 Å². The summed E-state index contributed by atoms with van der Waals surface area (Å²) in [6.45, 7) is 1.46. The molecule has 0 aliphatic heterocycles. The van der Waals surface area contributed by atoms with Gasteiger partial charge in [-0.25, -0.2) is 8.42 Å². The maximum atomic E-state index is 12.4. The van der Waals surface area contributed by atoms with E-state index < -0.39 is 9.84 Å². The molecule has 2 rings (SSSR count). The van der Waals surface area contributed by atoms with Crippen molar-refractivity contribution in [3.05, 3.63) is 53.6 Å². The molecule has 0 saturated heterocycles. The van der Waals surface area contributed by atoms with Crippen LogP contribution in [-0.2, 0) is 15.6 Å². The zero-order valence-electron chi connectivity index (χ0n) is 11.5. The summed E-state index contributed by atoms with van der Waals surface area (Å²) in [4.78, 5) is 11.2. The number of sulfone groups is 1. The highest BCUT2D eigenvalue weighted by Crippen LogP contribution is 2.27. The third-order valence-corrected chi connectivity index (χ3v) is 4.89. The van der Waals surface area contributed by atoms with Gasteiger partial charge in [0.1, 0.15) is 0 Å². The van der Waals surface area contributed by atoms with E-state index in [1.54, 1.807) is 36.4 Å². The first kappa shape index (κ1) is 15.1. The van der Waals surface area contributed by atoms with E-state index in [2.05, 4.69) is 0 Å². The third kappa shape index (κ3) is 3.22. The zero-order valence-corrected chi connectivity index (χ0v) is 12.4. The third-order valence-electron chi connectivity index (χ3n) is 3.15. The second kappa shape index (κ2) is 5.57. The minimum absolute atomic E-state index is 0.0261. The zero-order chi connectivity index (χ0) is 15.6. The first-order valence-electron chi connectivity index (χ1n) is 6.28. The summed E-state index contributed by atoms with van der Waals surface area (Å²) in [6, 6.07) is 11.0. The lowest BCUT2D eigenvalue weighted by atomic mass is 10.1. The minimum Gasteiger partial charge on any atom is -0.397 e. The van der Waals surface area contributed by atoms with Crippen LogP contribution >= 0.6 is 0 Å². The maximum Gasteiger partial charge on any atom is 0.184 e. The molecule has 21 heavy (non-hydrogen) atoms. The molecular formula is C15H16N2O3S. The SMILES string of the molecule is CC(=O)c1ccc(CS(=O)(=O)c2cccc(N)c2N)cc1.